The monoisotopic (exact) mass is 757 g/mol. The molecule has 58 heavy (non-hydrogen) atoms. The number of benzene rings is 8. The molecule has 3 nitrogen and oxygen atoms in total. The number of nitrogens with zero attached hydrogens (tertiary/aromatic N) is 3. The number of rotatable bonds is 4. The van der Waals surface area contributed by atoms with Gasteiger partial charge in [0.25, 0.3) is 0 Å². The van der Waals surface area contributed by atoms with Gasteiger partial charge in [0, 0.05) is 64.3 Å². The van der Waals surface area contributed by atoms with Crippen LogP contribution in [0.4, 0.5) is 0 Å². The summed E-state index contributed by atoms with van der Waals surface area (Å²) < 4.78 is 8.69. The second kappa shape index (κ2) is 12.2. The van der Waals surface area contributed by atoms with E-state index in [1.54, 1.807) is 0 Å². The minimum atomic E-state index is 1.02. The Hall–Kier alpha value is -7.14. The summed E-state index contributed by atoms with van der Waals surface area (Å²) in [4.78, 5) is 1.48. The lowest BCUT2D eigenvalue weighted by molar-refractivity contribution is 1.03. The number of aromatic nitrogens is 3. The lowest BCUT2D eigenvalue weighted by Crippen LogP contribution is -1.99. The Morgan fingerprint density at radius 3 is 1.50 bits per heavy atom. The van der Waals surface area contributed by atoms with Gasteiger partial charge < -0.3 is 13.7 Å². The Balaban J connectivity index is 0.978. The number of hydrogen-bond donors (Lipinski definition) is 0. The summed E-state index contributed by atoms with van der Waals surface area (Å²) in [6.45, 7) is 0. The zero-order valence-corrected chi connectivity index (χ0v) is 32.4. The van der Waals surface area contributed by atoms with E-state index in [0.717, 1.165) is 12.8 Å². The van der Waals surface area contributed by atoms with Gasteiger partial charge in [0.05, 0.1) is 33.1 Å². The van der Waals surface area contributed by atoms with Crippen molar-refractivity contribution < 1.29 is 0 Å². The first-order valence-electron chi connectivity index (χ1n) is 20.1. The van der Waals surface area contributed by atoms with Crippen LogP contribution in [0.25, 0.3) is 104 Å². The van der Waals surface area contributed by atoms with Gasteiger partial charge in [-0.05, 0) is 114 Å². The van der Waals surface area contributed by atoms with Crippen molar-refractivity contribution in [3.8, 4) is 17.1 Å². The van der Waals surface area contributed by atoms with Gasteiger partial charge in [0.2, 0.25) is 0 Å². The molecule has 0 spiro atoms. The zero-order chi connectivity index (χ0) is 37.9. The third-order valence-corrected chi connectivity index (χ3v) is 13.8. The highest BCUT2D eigenvalue weighted by Gasteiger charge is 2.22. The number of aryl methyl sites for hydroxylation is 1. The van der Waals surface area contributed by atoms with Crippen LogP contribution in [0.1, 0.15) is 22.4 Å². The fraction of sp³-hybridized carbons (Fsp3) is 0.0370. The summed E-state index contributed by atoms with van der Waals surface area (Å²) in [6.07, 6.45) is 4.56. The lowest BCUT2D eigenvalue weighted by Gasteiger charge is -2.16. The van der Waals surface area contributed by atoms with Gasteiger partial charge >= 0.3 is 0 Å². The Labute approximate surface area is 338 Å². The fourth-order valence-corrected chi connectivity index (χ4v) is 11.1. The maximum Gasteiger partial charge on any atom is 0.0562 e. The average Bonchev–Trinajstić information content (AvgIpc) is 4.02. The van der Waals surface area contributed by atoms with Crippen LogP contribution in [-0.2, 0) is 6.42 Å². The smallest absolute Gasteiger partial charge is 0.0562 e. The van der Waals surface area contributed by atoms with Crippen molar-refractivity contribution >= 4 is 98.5 Å². The first kappa shape index (κ1) is 32.0. The molecule has 0 saturated heterocycles. The number of hydrogen-bond acceptors (Lipinski definition) is 1. The van der Waals surface area contributed by atoms with E-state index in [4.69, 9.17) is 0 Å². The van der Waals surface area contributed by atoms with E-state index >= 15 is 0 Å². The molecule has 4 heterocycles. The highest BCUT2D eigenvalue weighted by atomic mass is 32.1. The fourth-order valence-electron chi connectivity index (χ4n) is 9.97. The molecule has 0 radical (unpaired) electrons. The van der Waals surface area contributed by atoms with Crippen molar-refractivity contribution in [2.24, 2.45) is 0 Å². The van der Waals surface area contributed by atoms with Crippen LogP contribution in [0.2, 0.25) is 0 Å². The van der Waals surface area contributed by atoms with Crippen LogP contribution < -0.4 is 0 Å². The molecular formula is C54H35N3S. The maximum atomic E-state index is 2.49. The summed E-state index contributed by atoms with van der Waals surface area (Å²) in [5.41, 5.74) is 15.0. The van der Waals surface area contributed by atoms with Crippen LogP contribution >= 0.6 is 11.3 Å². The summed E-state index contributed by atoms with van der Waals surface area (Å²) >= 11 is 1.96. The third-order valence-electron chi connectivity index (χ3n) is 12.5. The van der Waals surface area contributed by atoms with Crippen molar-refractivity contribution in [2.45, 2.75) is 12.8 Å². The maximum absolute atomic E-state index is 2.49. The predicted octanol–water partition coefficient (Wildman–Crippen LogP) is 14.7. The van der Waals surface area contributed by atoms with Crippen molar-refractivity contribution in [1.82, 2.24) is 13.7 Å². The van der Waals surface area contributed by atoms with E-state index in [-0.39, 0.29) is 0 Å². The second-order valence-electron chi connectivity index (χ2n) is 15.6. The standard InChI is InChI=1S/C54H35N3S/c1-2-14-36(15-3-1)55-49-23-10-6-19-41(49)43-32-44-42-20-7-11-24-50(42)57(52(44)33-51(43)55)37-16-12-13-34(29-37)35-25-27-53-45(30-35)46-31-38(26-28-54(46)58-53)56-47-21-8-4-17-39(47)40-18-5-9-22-48(40)56/h1-24,26,28-33H,25,27H2. The predicted molar refractivity (Wildman–Crippen MR) is 247 cm³/mol. The highest BCUT2D eigenvalue weighted by molar-refractivity contribution is 7.19. The quantitative estimate of drug-likeness (QED) is 0.170. The molecule has 0 aliphatic heterocycles. The first-order valence-corrected chi connectivity index (χ1v) is 21.0. The van der Waals surface area contributed by atoms with E-state index < -0.39 is 0 Å². The third kappa shape index (κ3) is 4.55. The largest absolute Gasteiger partial charge is 0.309 e. The molecule has 0 unspecified atom stereocenters. The van der Waals surface area contributed by atoms with Crippen LogP contribution in [0.15, 0.2) is 182 Å². The number of para-hydroxylation sites is 5. The van der Waals surface area contributed by atoms with E-state index in [1.807, 2.05) is 11.3 Å². The zero-order valence-electron chi connectivity index (χ0n) is 31.6. The molecule has 0 N–H and O–H groups in total. The molecule has 4 heteroatoms. The Morgan fingerprint density at radius 1 is 0.345 bits per heavy atom. The lowest BCUT2D eigenvalue weighted by atomic mass is 9.91. The molecular weight excluding hydrogens is 723 g/mol. The van der Waals surface area contributed by atoms with Gasteiger partial charge in [0.15, 0.2) is 0 Å². The van der Waals surface area contributed by atoms with Gasteiger partial charge in [0.1, 0.15) is 0 Å². The summed E-state index contributed by atoms with van der Waals surface area (Å²) in [6, 6.07) is 67.2. The van der Waals surface area contributed by atoms with Crippen LogP contribution in [0.5, 0.6) is 0 Å². The minimum Gasteiger partial charge on any atom is -0.309 e. The van der Waals surface area contributed by atoms with Crippen LogP contribution in [0.3, 0.4) is 0 Å². The van der Waals surface area contributed by atoms with Crippen molar-refractivity contribution in [2.75, 3.05) is 0 Å². The SMILES string of the molecule is C1=C(c2cccc(-n3c4ccccc4c4cc5c6ccccc6n(-c6ccccc6)c5cc43)c2)CCc2sc3ccc(-n4c5ccccc5c5ccccc54)cc3c21. The molecule has 12 aromatic rings. The first-order chi connectivity index (χ1) is 28.8. The molecule has 13 rings (SSSR count). The minimum absolute atomic E-state index is 1.02. The molecule has 1 aliphatic carbocycles. The van der Waals surface area contributed by atoms with Crippen molar-refractivity contribution in [3.05, 3.63) is 198 Å². The van der Waals surface area contributed by atoms with Gasteiger partial charge in [-0.15, -0.1) is 11.3 Å². The number of fused-ring (bicyclic) bond motifs is 12. The topological polar surface area (TPSA) is 14.8 Å². The summed E-state index contributed by atoms with van der Waals surface area (Å²) in [7, 11) is 0. The molecule has 1 aliphatic rings. The molecule has 0 bridgehead atoms. The molecule has 272 valence electrons. The van der Waals surface area contributed by atoms with Gasteiger partial charge in [-0.25, -0.2) is 0 Å². The van der Waals surface area contributed by atoms with E-state index in [0.29, 0.717) is 0 Å². The summed E-state index contributed by atoms with van der Waals surface area (Å²) in [5, 5.41) is 9.01. The summed E-state index contributed by atoms with van der Waals surface area (Å²) in [5.74, 6) is 0. The van der Waals surface area contributed by atoms with Gasteiger partial charge in [-0.3, -0.25) is 0 Å². The van der Waals surface area contributed by atoms with Gasteiger partial charge in [-0.2, -0.15) is 0 Å². The number of thiophene rings is 1. The Bertz CT molecular complexity index is 3630. The van der Waals surface area contributed by atoms with E-state index in [2.05, 4.69) is 202 Å². The number of allylic oxidation sites excluding steroid dienone is 1. The molecule has 4 aromatic heterocycles. The van der Waals surface area contributed by atoms with Crippen LogP contribution in [0, 0.1) is 0 Å². The van der Waals surface area contributed by atoms with E-state index in [1.165, 1.54) is 114 Å². The molecule has 0 amide bonds. The van der Waals surface area contributed by atoms with Crippen molar-refractivity contribution in [1.29, 1.82) is 0 Å². The molecule has 8 aromatic carbocycles. The van der Waals surface area contributed by atoms with Gasteiger partial charge in [-0.1, -0.05) is 103 Å². The van der Waals surface area contributed by atoms with Crippen LogP contribution in [-0.4, -0.2) is 13.7 Å². The average molecular weight is 758 g/mol. The Kier molecular flexibility index (Phi) is 6.72. The molecule has 0 fully saturated rings. The molecule has 0 saturated carbocycles. The Morgan fingerprint density at radius 2 is 0.862 bits per heavy atom. The second-order valence-corrected chi connectivity index (χ2v) is 16.8. The molecule has 0 atom stereocenters. The normalized spacial score (nSPS) is 13.1. The van der Waals surface area contributed by atoms with Crippen molar-refractivity contribution in [3.63, 3.8) is 0 Å². The van der Waals surface area contributed by atoms with E-state index in [9.17, 15) is 0 Å². The highest BCUT2D eigenvalue weighted by Crippen LogP contribution is 2.43.